The van der Waals surface area contributed by atoms with Crippen molar-refractivity contribution in [1.82, 2.24) is 0 Å². The first-order chi connectivity index (χ1) is 7.18. The van der Waals surface area contributed by atoms with Gasteiger partial charge in [-0.05, 0) is 46.1 Å². The largest absolute Gasteiger partial charge is 0.349 e. The molecule has 0 N–H and O–H groups in total. The van der Waals surface area contributed by atoms with Crippen LogP contribution >= 0.6 is 0 Å². The first-order valence-electron chi connectivity index (χ1n) is 5.72. The Labute approximate surface area is 93.0 Å². The van der Waals surface area contributed by atoms with Gasteiger partial charge >= 0.3 is 0 Å². The minimum Gasteiger partial charge on any atom is -0.349 e. The van der Waals surface area contributed by atoms with Crippen LogP contribution in [0.3, 0.4) is 0 Å². The molecule has 0 amide bonds. The van der Waals surface area contributed by atoms with E-state index in [1.807, 2.05) is 0 Å². The average Bonchev–Trinajstić information content (AvgIpc) is 2.18. The number of allylic oxidation sites excluding steroid dienone is 3. The highest BCUT2D eigenvalue weighted by atomic mass is 16.7. The topological polar surface area (TPSA) is 18.5 Å². The van der Waals surface area contributed by atoms with Gasteiger partial charge in [0.1, 0.15) is 0 Å². The summed E-state index contributed by atoms with van der Waals surface area (Å²) >= 11 is 0. The number of ether oxygens (including phenoxy) is 2. The van der Waals surface area contributed by atoms with Crippen LogP contribution in [0.1, 0.15) is 40.0 Å². The van der Waals surface area contributed by atoms with Crippen molar-refractivity contribution in [2.45, 2.75) is 46.3 Å². The van der Waals surface area contributed by atoms with Crippen LogP contribution < -0.4 is 0 Å². The second kappa shape index (κ2) is 6.81. The van der Waals surface area contributed by atoms with Gasteiger partial charge in [0, 0.05) is 0 Å². The molecule has 0 aromatic rings. The predicted octanol–water partition coefficient (Wildman–Crippen LogP) is 3.44. The molecule has 0 aliphatic carbocycles. The molecule has 0 aromatic carbocycles. The molecule has 1 aliphatic heterocycles. The lowest BCUT2D eigenvalue weighted by molar-refractivity contribution is -0.150. The van der Waals surface area contributed by atoms with Gasteiger partial charge in [-0.3, -0.25) is 0 Å². The molecule has 0 saturated carbocycles. The zero-order valence-corrected chi connectivity index (χ0v) is 10.1. The van der Waals surface area contributed by atoms with Crippen LogP contribution in [-0.2, 0) is 9.47 Å². The van der Waals surface area contributed by atoms with Crippen molar-refractivity contribution < 1.29 is 9.47 Å². The van der Waals surface area contributed by atoms with E-state index >= 15 is 0 Å². The minimum absolute atomic E-state index is 0.106. The summed E-state index contributed by atoms with van der Waals surface area (Å²) in [4.78, 5) is 0. The quantitative estimate of drug-likeness (QED) is 0.662. The highest BCUT2D eigenvalue weighted by molar-refractivity contribution is 5.03. The molecule has 1 fully saturated rings. The summed E-state index contributed by atoms with van der Waals surface area (Å²) in [6.07, 6.45) is 7.47. The SMILES string of the molecule is CC(C)=CCC/C(C)=C/C1OCCCO1. The Morgan fingerprint density at radius 3 is 2.47 bits per heavy atom. The minimum atomic E-state index is -0.106. The summed E-state index contributed by atoms with van der Waals surface area (Å²) in [5, 5.41) is 0. The third-order valence-corrected chi connectivity index (χ3v) is 2.36. The summed E-state index contributed by atoms with van der Waals surface area (Å²) in [6, 6.07) is 0. The van der Waals surface area contributed by atoms with E-state index in [0.717, 1.165) is 32.5 Å². The molecule has 1 heterocycles. The van der Waals surface area contributed by atoms with Crippen LogP contribution in [0.5, 0.6) is 0 Å². The van der Waals surface area contributed by atoms with E-state index in [1.54, 1.807) is 0 Å². The highest BCUT2D eigenvalue weighted by Crippen LogP contribution is 2.12. The van der Waals surface area contributed by atoms with Gasteiger partial charge in [0.2, 0.25) is 0 Å². The number of rotatable bonds is 4. The second-order valence-electron chi connectivity index (χ2n) is 4.30. The molecule has 2 nitrogen and oxygen atoms in total. The summed E-state index contributed by atoms with van der Waals surface area (Å²) in [5.74, 6) is 0. The maximum absolute atomic E-state index is 5.46. The van der Waals surface area contributed by atoms with E-state index in [2.05, 4.69) is 32.9 Å². The van der Waals surface area contributed by atoms with E-state index in [0.29, 0.717) is 0 Å². The Morgan fingerprint density at radius 2 is 1.87 bits per heavy atom. The van der Waals surface area contributed by atoms with Crippen LogP contribution in [0.15, 0.2) is 23.3 Å². The van der Waals surface area contributed by atoms with Crippen LogP contribution in [0, 0.1) is 0 Å². The van der Waals surface area contributed by atoms with Gasteiger partial charge < -0.3 is 9.47 Å². The Morgan fingerprint density at radius 1 is 1.20 bits per heavy atom. The van der Waals surface area contributed by atoms with Crippen molar-refractivity contribution in [3.8, 4) is 0 Å². The fourth-order valence-corrected chi connectivity index (χ4v) is 1.51. The zero-order chi connectivity index (χ0) is 11.1. The van der Waals surface area contributed by atoms with Gasteiger partial charge in [0.05, 0.1) is 13.2 Å². The molecule has 0 spiro atoms. The Hall–Kier alpha value is -0.600. The molecule has 0 unspecified atom stereocenters. The lowest BCUT2D eigenvalue weighted by Crippen LogP contribution is -2.22. The fraction of sp³-hybridized carbons (Fsp3) is 0.692. The van der Waals surface area contributed by atoms with E-state index in [4.69, 9.17) is 9.47 Å². The van der Waals surface area contributed by atoms with Gasteiger partial charge in [-0.15, -0.1) is 0 Å². The van der Waals surface area contributed by atoms with Gasteiger partial charge in [-0.25, -0.2) is 0 Å². The fourth-order valence-electron chi connectivity index (χ4n) is 1.51. The average molecular weight is 210 g/mol. The monoisotopic (exact) mass is 210 g/mol. The predicted molar refractivity (Wildman–Crippen MR) is 62.7 cm³/mol. The van der Waals surface area contributed by atoms with Crippen LogP contribution in [0.2, 0.25) is 0 Å². The van der Waals surface area contributed by atoms with Crippen molar-refractivity contribution in [3.05, 3.63) is 23.3 Å². The molecule has 0 atom stereocenters. The second-order valence-corrected chi connectivity index (χ2v) is 4.30. The maximum atomic E-state index is 5.46. The smallest absolute Gasteiger partial charge is 0.177 e. The standard InChI is InChI=1S/C13H22O2/c1-11(2)6-4-7-12(3)10-13-14-8-5-9-15-13/h6,10,13H,4-5,7-9H2,1-3H3/b12-10+. The Bertz CT molecular complexity index is 231. The molecule has 1 aliphatic rings. The van der Waals surface area contributed by atoms with E-state index in [-0.39, 0.29) is 6.29 Å². The van der Waals surface area contributed by atoms with E-state index < -0.39 is 0 Å². The summed E-state index contributed by atoms with van der Waals surface area (Å²) in [7, 11) is 0. The van der Waals surface area contributed by atoms with Gasteiger partial charge in [-0.2, -0.15) is 0 Å². The van der Waals surface area contributed by atoms with Crippen LogP contribution in [0.4, 0.5) is 0 Å². The van der Waals surface area contributed by atoms with E-state index in [9.17, 15) is 0 Å². The van der Waals surface area contributed by atoms with Crippen molar-refractivity contribution in [2.24, 2.45) is 0 Å². The molecular weight excluding hydrogens is 188 g/mol. The molecule has 15 heavy (non-hydrogen) atoms. The summed E-state index contributed by atoms with van der Waals surface area (Å²) in [6.45, 7) is 8.05. The molecule has 0 bridgehead atoms. The molecule has 0 aromatic heterocycles. The van der Waals surface area contributed by atoms with Crippen molar-refractivity contribution >= 4 is 0 Å². The first-order valence-corrected chi connectivity index (χ1v) is 5.72. The number of hydrogen-bond donors (Lipinski definition) is 0. The lowest BCUT2D eigenvalue weighted by Gasteiger charge is -2.21. The molecule has 2 heteroatoms. The van der Waals surface area contributed by atoms with Crippen molar-refractivity contribution in [1.29, 1.82) is 0 Å². The Kier molecular flexibility index (Phi) is 5.66. The van der Waals surface area contributed by atoms with Gasteiger partial charge in [0.25, 0.3) is 0 Å². The van der Waals surface area contributed by atoms with Crippen molar-refractivity contribution in [2.75, 3.05) is 13.2 Å². The third kappa shape index (κ3) is 5.75. The van der Waals surface area contributed by atoms with Gasteiger partial charge in [0.15, 0.2) is 6.29 Å². The maximum Gasteiger partial charge on any atom is 0.177 e. The normalized spacial score (nSPS) is 19.0. The molecule has 1 rings (SSSR count). The Balaban J connectivity index is 2.28. The van der Waals surface area contributed by atoms with E-state index in [1.165, 1.54) is 11.1 Å². The van der Waals surface area contributed by atoms with Gasteiger partial charge in [-0.1, -0.05) is 17.2 Å². The summed E-state index contributed by atoms with van der Waals surface area (Å²) < 4.78 is 10.9. The van der Waals surface area contributed by atoms with Crippen molar-refractivity contribution in [3.63, 3.8) is 0 Å². The summed E-state index contributed by atoms with van der Waals surface area (Å²) in [5.41, 5.74) is 2.73. The third-order valence-electron chi connectivity index (χ3n) is 2.36. The van der Waals surface area contributed by atoms with Crippen LogP contribution in [0.25, 0.3) is 0 Å². The lowest BCUT2D eigenvalue weighted by atomic mass is 10.1. The van der Waals surface area contributed by atoms with Crippen LogP contribution in [-0.4, -0.2) is 19.5 Å². The molecule has 1 saturated heterocycles. The molecule has 0 radical (unpaired) electrons. The molecular formula is C13H22O2. The highest BCUT2D eigenvalue weighted by Gasteiger charge is 2.10. The first kappa shape index (κ1) is 12.5. The number of hydrogen-bond acceptors (Lipinski definition) is 2. The molecule has 86 valence electrons. The zero-order valence-electron chi connectivity index (χ0n) is 10.1.